The summed E-state index contributed by atoms with van der Waals surface area (Å²) in [5.41, 5.74) is 2.08. The number of benzene rings is 1. The van der Waals surface area contributed by atoms with Crippen molar-refractivity contribution in [3.63, 3.8) is 0 Å². The summed E-state index contributed by atoms with van der Waals surface area (Å²) >= 11 is 1.46. The molecule has 1 N–H and O–H groups in total. The van der Waals surface area contributed by atoms with E-state index in [0.717, 1.165) is 10.2 Å². The highest BCUT2D eigenvalue weighted by atomic mass is 32.1. The van der Waals surface area contributed by atoms with Gasteiger partial charge in [-0.15, -0.1) is 10.2 Å². The predicted molar refractivity (Wildman–Crippen MR) is 69.4 cm³/mol. The van der Waals surface area contributed by atoms with Crippen molar-refractivity contribution < 1.29 is 9.90 Å². The number of hydrogen-bond acceptors (Lipinski definition) is 4. The molecule has 5 nitrogen and oxygen atoms in total. The van der Waals surface area contributed by atoms with Gasteiger partial charge in [0.1, 0.15) is 0 Å². The molecule has 6 heteroatoms. The molecule has 0 radical (unpaired) electrons. The fourth-order valence-corrected chi connectivity index (χ4v) is 2.96. The third kappa shape index (κ3) is 1.49. The second-order valence-electron chi connectivity index (χ2n) is 4.43. The lowest BCUT2D eigenvalue weighted by atomic mass is 10.0. The van der Waals surface area contributed by atoms with Crippen molar-refractivity contribution in [2.75, 3.05) is 0 Å². The smallest absolute Gasteiger partial charge is 0.374 e. The summed E-state index contributed by atoms with van der Waals surface area (Å²) in [5.74, 6) is -0.649. The van der Waals surface area contributed by atoms with Gasteiger partial charge in [-0.1, -0.05) is 31.3 Å². The van der Waals surface area contributed by atoms with Crippen LogP contribution in [0.4, 0.5) is 0 Å². The summed E-state index contributed by atoms with van der Waals surface area (Å²) in [6.45, 7) is 4.26. The topological polar surface area (TPSA) is 67.5 Å². The zero-order valence-electron chi connectivity index (χ0n) is 9.91. The number of aromatic nitrogens is 3. The Balaban J connectivity index is 2.35. The van der Waals surface area contributed by atoms with Gasteiger partial charge in [-0.2, -0.15) is 0 Å². The molecule has 0 aliphatic carbocycles. The van der Waals surface area contributed by atoms with E-state index in [0.29, 0.717) is 10.9 Å². The average Bonchev–Trinajstić information content (AvgIpc) is 2.85. The molecule has 0 saturated carbocycles. The summed E-state index contributed by atoms with van der Waals surface area (Å²) in [6.07, 6.45) is 0. The van der Waals surface area contributed by atoms with Gasteiger partial charge in [0.05, 0.1) is 10.2 Å². The van der Waals surface area contributed by atoms with Gasteiger partial charge in [-0.3, -0.25) is 4.40 Å². The van der Waals surface area contributed by atoms with Crippen LogP contribution in [0, 0.1) is 0 Å². The number of aromatic carboxylic acids is 1. The van der Waals surface area contributed by atoms with Gasteiger partial charge >= 0.3 is 5.97 Å². The first-order valence-electron chi connectivity index (χ1n) is 5.59. The SMILES string of the molecule is CC(C)c1ccc2c(c1)sc1nnc(C(=O)O)n12. The Morgan fingerprint density at radius 3 is 2.83 bits per heavy atom. The highest BCUT2D eigenvalue weighted by Gasteiger charge is 2.17. The quantitative estimate of drug-likeness (QED) is 0.770. The Morgan fingerprint density at radius 1 is 1.39 bits per heavy atom. The molecule has 0 unspecified atom stereocenters. The number of carbonyl (C=O) groups is 1. The van der Waals surface area contributed by atoms with Gasteiger partial charge in [0, 0.05) is 0 Å². The lowest BCUT2D eigenvalue weighted by Crippen LogP contribution is -2.03. The molecule has 3 rings (SSSR count). The van der Waals surface area contributed by atoms with Crippen LogP contribution in [-0.4, -0.2) is 25.7 Å². The summed E-state index contributed by atoms with van der Waals surface area (Å²) in [7, 11) is 0. The maximum absolute atomic E-state index is 11.1. The Labute approximate surface area is 107 Å². The Hall–Kier alpha value is -1.95. The monoisotopic (exact) mass is 261 g/mol. The van der Waals surface area contributed by atoms with Crippen molar-refractivity contribution in [2.45, 2.75) is 19.8 Å². The summed E-state index contributed by atoms with van der Waals surface area (Å²) in [4.78, 5) is 11.7. The summed E-state index contributed by atoms with van der Waals surface area (Å²) < 4.78 is 2.63. The molecule has 0 bridgehead atoms. The van der Waals surface area contributed by atoms with Crippen molar-refractivity contribution in [3.8, 4) is 0 Å². The van der Waals surface area contributed by atoms with Crippen LogP contribution in [0.2, 0.25) is 0 Å². The first-order valence-corrected chi connectivity index (χ1v) is 6.40. The molecule has 0 amide bonds. The average molecular weight is 261 g/mol. The van der Waals surface area contributed by atoms with E-state index in [1.807, 2.05) is 12.1 Å². The predicted octanol–water partition coefficient (Wildman–Crippen LogP) is 2.77. The third-order valence-corrected chi connectivity index (χ3v) is 3.91. The second kappa shape index (κ2) is 3.78. The molecule has 0 aliphatic rings. The van der Waals surface area contributed by atoms with E-state index in [1.165, 1.54) is 16.9 Å². The first kappa shape index (κ1) is 11.2. The highest BCUT2D eigenvalue weighted by molar-refractivity contribution is 7.23. The maximum atomic E-state index is 11.1. The number of carboxylic acid groups (broad SMARTS) is 1. The van der Waals surface area contributed by atoms with Crippen molar-refractivity contribution >= 4 is 32.5 Å². The number of nitrogens with zero attached hydrogens (tertiary/aromatic N) is 3. The fourth-order valence-electron chi connectivity index (χ4n) is 1.95. The summed E-state index contributed by atoms with van der Waals surface area (Å²) in [5, 5.41) is 16.7. The van der Waals surface area contributed by atoms with Gasteiger partial charge in [0.25, 0.3) is 0 Å². The van der Waals surface area contributed by atoms with Crippen molar-refractivity contribution in [3.05, 3.63) is 29.6 Å². The van der Waals surface area contributed by atoms with Crippen LogP contribution in [-0.2, 0) is 0 Å². The van der Waals surface area contributed by atoms with E-state index in [9.17, 15) is 4.79 Å². The van der Waals surface area contributed by atoms with Crippen molar-refractivity contribution in [1.29, 1.82) is 0 Å². The van der Waals surface area contributed by atoms with Crippen LogP contribution in [0.3, 0.4) is 0 Å². The molecule has 2 heterocycles. The molecular formula is C12H11N3O2S. The number of carboxylic acids is 1. The third-order valence-electron chi connectivity index (χ3n) is 2.92. The molecule has 2 aromatic heterocycles. The van der Waals surface area contributed by atoms with Gasteiger partial charge < -0.3 is 5.11 Å². The lowest BCUT2D eigenvalue weighted by Gasteiger charge is -2.04. The Bertz CT molecular complexity index is 757. The Morgan fingerprint density at radius 2 is 2.17 bits per heavy atom. The van der Waals surface area contributed by atoms with Crippen LogP contribution in [0.5, 0.6) is 0 Å². The first-order chi connectivity index (χ1) is 8.58. The molecule has 0 atom stereocenters. The van der Waals surface area contributed by atoms with Crippen LogP contribution in [0.1, 0.15) is 35.9 Å². The number of thiazole rings is 1. The van der Waals surface area contributed by atoms with Crippen LogP contribution in [0.15, 0.2) is 18.2 Å². The minimum atomic E-state index is -1.06. The maximum Gasteiger partial charge on any atom is 0.374 e. The van der Waals surface area contributed by atoms with Gasteiger partial charge in [0.2, 0.25) is 10.8 Å². The Kier molecular flexibility index (Phi) is 2.34. The minimum absolute atomic E-state index is 0.0338. The molecule has 92 valence electrons. The zero-order chi connectivity index (χ0) is 12.9. The molecule has 0 fully saturated rings. The van der Waals surface area contributed by atoms with E-state index in [1.54, 1.807) is 4.40 Å². The molecule has 0 aliphatic heterocycles. The molecule has 18 heavy (non-hydrogen) atoms. The molecule has 1 aromatic carbocycles. The number of rotatable bonds is 2. The molecular weight excluding hydrogens is 250 g/mol. The molecule has 3 aromatic rings. The minimum Gasteiger partial charge on any atom is -0.475 e. The van der Waals surface area contributed by atoms with E-state index in [4.69, 9.17) is 5.11 Å². The van der Waals surface area contributed by atoms with Gasteiger partial charge in [-0.25, -0.2) is 4.79 Å². The second-order valence-corrected chi connectivity index (χ2v) is 5.44. The van der Waals surface area contributed by atoms with Crippen LogP contribution >= 0.6 is 11.3 Å². The number of fused-ring (bicyclic) bond motifs is 3. The lowest BCUT2D eigenvalue weighted by molar-refractivity contribution is 0.0682. The van der Waals surface area contributed by atoms with Crippen molar-refractivity contribution in [1.82, 2.24) is 14.6 Å². The van der Waals surface area contributed by atoms with E-state index >= 15 is 0 Å². The van der Waals surface area contributed by atoms with E-state index in [-0.39, 0.29) is 5.82 Å². The largest absolute Gasteiger partial charge is 0.475 e. The van der Waals surface area contributed by atoms with Crippen LogP contribution < -0.4 is 0 Å². The van der Waals surface area contributed by atoms with Gasteiger partial charge in [-0.05, 0) is 23.6 Å². The summed E-state index contributed by atoms with van der Waals surface area (Å²) in [6, 6.07) is 6.04. The standard InChI is InChI=1S/C12H11N3O2S/c1-6(2)7-3-4-8-9(5-7)18-12-14-13-10(11(16)17)15(8)12/h3-6H,1-2H3,(H,16,17). The van der Waals surface area contributed by atoms with Crippen LogP contribution in [0.25, 0.3) is 15.2 Å². The fraction of sp³-hybridized carbons (Fsp3) is 0.250. The molecule has 0 spiro atoms. The van der Waals surface area contributed by atoms with Crippen molar-refractivity contribution in [2.24, 2.45) is 0 Å². The van der Waals surface area contributed by atoms with E-state index < -0.39 is 5.97 Å². The zero-order valence-corrected chi connectivity index (χ0v) is 10.7. The normalized spacial score (nSPS) is 11.7. The number of hydrogen-bond donors (Lipinski definition) is 1. The molecule has 0 saturated heterocycles. The van der Waals surface area contributed by atoms with Gasteiger partial charge in [0.15, 0.2) is 0 Å². The highest BCUT2D eigenvalue weighted by Crippen LogP contribution is 2.29. The van der Waals surface area contributed by atoms with E-state index in [2.05, 4.69) is 30.1 Å².